The summed E-state index contributed by atoms with van der Waals surface area (Å²) in [4.78, 5) is 10.9. The van der Waals surface area contributed by atoms with Gasteiger partial charge in [-0.1, -0.05) is 45.2 Å². The van der Waals surface area contributed by atoms with Crippen LogP contribution in [0.15, 0.2) is 0 Å². The number of alkyl halides is 2. The minimum absolute atomic E-state index is 0.480. The average molecular weight is 426 g/mol. The van der Waals surface area contributed by atoms with Gasteiger partial charge in [-0.05, 0) is 34.5 Å². The van der Waals surface area contributed by atoms with Crippen molar-refractivity contribution in [2.45, 2.75) is 25.7 Å². The van der Waals surface area contributed by atoms with Gasteiger partial charge in [-0.2, -0.15) is 0 Å². The van der Waals surface area contributed by atoms with Crippen LogP contribution in [0, 0.1) is 0 Å². The maximum atomic E-state index is 10.9. The van der Waals surface area contributed by atoms with Gasteiger partial charge in [0.1, 0.15) is 0 Å². The fraction of sp³-hybridized carbons (Fsp3) is 0.889. The third kappa shape index (κ3) is 10.8. The van der Waals surface area contributed by atoms with Crippen LogP contribution in [0.3, 0.4) is 0 Å². The Kier molecular flexibility index (Phi) is 12.4. The molecule has 0 saturated heterocycles. The van der Waals surface area contributed by atoms with Gasteiger partial charge in [0.15, 0.2) is 0 Å². The molecule has 0 fully saturated rings. The fourth-order valence-electron chi connectivity index (χ4n) is 0.746. The summed E-state index contributed by atoms with van der Waals surface area (Å²) in [7, 11) is 0. The van der Waals surface area contributed by atoms with Gasteiger partial charge < -0.3 is 9.47 Å². The Labute approximate surface area is 113 Å². The Bertz CT molecular complexity index is 128. The number of carbonyl (C=O) groups excluding carboxylic acids is 1. The summed E-state index contributed by atoms with van der Waals surface area (Å²) in [6.07, 6.45) is 3.50. The summed E-state index contributed by atoms with van der Waals surface area (Å²) in [5.41, 5.74) is 0. The second kappa shape index (κ2) is 11.8. The van der Waals surface area contributed by atoms with Gasteiger partial charge in [-0.25, -0.2) is 4.79 Å². The summed E-state index contributed by atoms with van der Waals surface area (Å²) < 4.78 is 11.9. The number of hydrogen-bond donors (Lipinski definition) is 0. The molecule has 0 aliphatic rings. The SMILES string of the molecule is O=C(OCCCCI)OCCCCI. The van der Waals surface area contributed by atoms with Crippen molar-refractivity contribution in [3.05, 3.63) is 0 Å². The lowest BCUT2D eigenvalue weighted by Gasteiger charge is -2.04. The Morgan fingerprint density at radius 3 is 1.64 bits per heavy atom. The Hall–Kier alpha value is 0.730. The molecule has 0 spiro atoms. The van der Waals surface area contributed by atoms with E-state index in [0.29, 0.717) is 13.2 Å². The normalized spacial score (nSPS) is 9.86. The lowest BCUT2D eigenvalue weighted by atomic mass is 10.4. The van der Waals surface area contributed by atoms with Crippen LogP contribution in [0.25, 0.3) is 0 Å². The highest BCUT2D eigenvalue weighted by atomic mass is 127. The average Bonchev–Trinajstić information content (AvgIpc) is 2.19. The molecule has 5 heteroatoms. The van der Waals surface area contributed by atoms with E-state index in [4.69, 9.17) is 9.47 Å². The number of unbranched alkanes of at least 4 members (excludes halogenated alkanes) is 2. The molecule has 3 nitrogen and oxygen atoms in total. The second-order valence-corrected chi connectivity index (χ2v) is 4.90. The van der Waals surface area contributed by atoms with Gasteiger partial charge in [0, 0.05) is 0 Å². The highest BCUT2D eigenvalue weighted by Gasteiger charge is 2.01. The van der Waals surface area contributed by atoms with Crippen molar-refractivity contribution >= 4 is 51.3 Å². The molecule has 0 rings (SSSR count). The van der Waals surface area contributed by atoms with E-state index in [0.717, 1.165) is 34.5 Å². The zero-order valence-electron chi connectivity index (χ0n) is 8.14. The van der Waals surface area contributed by atoms with Gasteiger partial charge in [0.2, 0.25) is 0 Å². The molecule has 0 aromatic rings. The molecule has 0 N–H and O–H groups in total. The highest BCUT2D eigenvalue weighted by Crippen LogP contribution is 1.98. The Balaban J connectivity index is 3.11. The van der Waals surface area contributed by atoms with Crippen molar-refractivity contribution < 1.29 is 14.3 Å². The summed E-state index contributed by atoms with van der Waals surface area (Å²) in [5.74, 6) is 0. The molecule has 0 aliphatic heterocycles. The van der Waals surface area contributed by atoms with Crippen molar-refractivity contribution in [1.29, 1.82) is 0 Å². The van der Waals surface area contributed by atoms with E-state index < -0.39 is 6.16 Å². The molecule has 0 aliphatic carbocycles. The molecule has 84 valence electrons. The zero-order valence-corrected chi connectivity index (χ0v) is 12.5. The Morgan fingerprint density at radius 1 is 0.857 bits per heavy atom. The number of rotatable bonds is 8. The minimum atomic E-state index is -0.521. The summed E-state index contributed by atoms with van der Waals surface area (Å²) >= 11 is 4.61. The van der Waals surface area contributed by atoms with Crippen LogP contribution in [-0.4, -0.2) is 28.2 Å². The number of halogens is 2. The van der Waals surface area contributed by atoms with E-state index in [1.165, 1.54) is 0 Å². The third-order valence-corrected chi connectivity index (χ3v) is 3.02. The molecular formula is C9H16I2O3. The van der Waals surface area contributed by atoms with Gasteiger partial charge in [-0.15, -0.1) is 0 Å². The van der Waals surface area contributed by atoms with Gasteiger partial charge in [0.25, 0.3) is 0 Å². The molecule has 0 saturated carbocycles. The minimum Gasteiger partial charge on any atom is -0.434 e. The van der Waals surface area contributed by atoms with E-state index >= 15 is 0 Å². The number of ether oxygens (including phenoxy) is 2. The number of carbonyl (C=O) groups is 1. The quantitative estimate of drug-likeness (QED) is 0.258. The predicted octanol–water partition coefficient (Wildman–Crippen LogP) is 3.57. The van der Waals surface area contributed by atoms with Crippen molar-refractivity contribution in [1.82, 2.24) is 0 Å². The molecule has 0 aromatic carbocycles. The topological polar surface area (TPSA) is 35.5 Å². The Morgan fingerprint density at radius 2 is 1.29 bits per heavy atom. The van der Waals surface area contributed by atoms with E-state index in [-0.39, 0.29) is 0 Å². The highest BCUT2D eigenvalue weighted by molar-refractivity contribution is 14.1. The smallest absolute Gasteiger partial charge is 0.434 e. The van der Waals surface area contributed by atoms with Crippen LogP contribution in [0.5, 0.6) is 0 Å². The molecule has 0 heterocycles. The van der Waals surface area contributed by atoms with Gasteiger partial charge in [0.05, 0.1) is 13.2 Å². The standard InChI is InChI=1S/C9H16I2O3/c10-5-1-3-7-13-9(12)14-8-4-2-6-11/h1-8H2. The molecule has 14 heavy (non-hydrogen) atoms. The molecule has 0 unspecified atom stereocenters. The van der Waals surface area contributed by atoms with Crippen LogP contribution in [0.2, 0.25) is 0 Å². The van der Waals surface area contributed by atoms with E-state index in [1.54, 1.807) is 0 Å². The van der Waals surface area contributed by atoms with Crippen molar-refractivity contribution in [2.24, 2.45) is 0 Å². The van der Waals surface area contributed by atoms with E-state index in [2.05, 4.69) is 45.2 Å². The third-order valence-electron chi connectivity index (χ3n) is 1.50. The van der Waals surface area contributed by atoms with Crippen LogP contribution in [-0.2, 0) is 9.47 Å². The summed E-state index contributed by atoms with van der Waals surface area (Å²) in [6.45, 7) is 0.961. The first kappa shape index (κ1) is 14.7. The van der Waals surface area contributed by atoms with Crippen LogP contribution >= 0.6 is 45.2 Å². The van der Waals surface area contributed by atoms with E-state index in [9.17, 15) is 4.79 Å². The first-order valence-corrected chi connectivity index (χ1v) is 7.78. The van der Waals surface area contributed by atoms with Crippen molar-refractivity contribution in [2.75, 3.05) is 22.1 Å². The van der Waals surface area contributed by atoms with Crippen molar-refractivity contribution in [3.8, 4) is 0 Å². The van der Waals surface area contributed by atoms with E-state index in [1.807, 2.05) is 0 Å². The first-order chi connectivity index (χ1) is 6.81. The molecule has 0 amide bonds. The monoisotopic (exact) mass is 426 g/mol. The molecule has 0 atom stereocenters. The molecule has 0 radical (unpaired) electrons. The molecular weight excluding hydrogens is 410 g/mol. The first-order valence-electron chi connectivity index (χ1n) is 4.72. The molecule has 0 bridgehead atoms. The fourth-order valence-corrected chi connectivity index (χ4v) is 1.82. The lowest BCUT2D eigenvalue weighted by Crippen LogP contribution is -2.09. The summed E-state index contributed by atoms with van der Waals surface area (Å²) in [5, 5.41) is 0. The predicted molar refractivity (Wildman–Crippen MR) is 73.5 cm³/mol. The summed E-state index contributed by atoms with van der Waals surface area (Å²) in [6, 6.07) is 0. The van der Waals surface area contributed by atoms with Gasteiger partial charge in [-0.3, -0.25) is 0 Å². The van der Waals surface area contributed by atoms with Crippen LogP contribution in [0.4, 0.5) is 4.79 Å². The zero-order chi connectivity index (χ0) is 10.6. The number of hydrogen-bond acceptors (Lipinski definition) is 3. The van der Waals surface area contributed by atoms with Crippen LogP contribution in [0.1, 0.15) is 25.7 Å². The van der Waals surface area contributed by atoms with Gasteiger partial charge >= 0.3 is 6.16 Å². The maximum Gasteiger partial charge on any atom is 0.508 e. The second-order valence-electron chi connectivity index (χ2n) is 2.74. The van der Waals surface area contributed by atoms with Crippen LogP contribution < -0.4 is 0 Å². The largest absolute Gasteiger partial charge is 0.508 e. The lowest BCUT2D eigenvalue weighted by molar-refractivity contribution is 0.0537. The van der Waals surface area contributed by atoms with Crippen molar-refractivity contribution in [3.63, 3.8) is 0 Å². The molecule has 0 aromatic heterocycles. The maximum absolute atomic E-state index is 10.9.